The molecule has 0 aromatic carbocycles. The summed E-state index contributed by atoms with van der Waals surface area (Å²) in [6.45, 7) is 2.56. The fraction of sp³-hybridized carbons (Fsp3) is 0.753. The molecule has 0 aliphatic rings. The van der Waals surface area contributed by atoms with Crippen LogP contribution in [0, 0.1) is 0 Å². The van der Waals surface area contributed by atoms with Gasteiger partial charge in [-0.25, -0.2) is 9.13 Å². The zero-order chi connectivity index (χ0) is 75.2. The van der Waals surface area contributed by atoms with Crippen molar-refractivity contribution in [2.75, 3.05) is 39.6 Å². The third kappa shape index (κ3) is 79.1. The van der Waals surface area contributed by atoms with E-state index in [1.54, 1.807) is 0 Å². The second-order valence-corrected chi connectivity index (χ2v) is 30.5. The van der Waals surface area contributed by atoms with Crippen LogP contribution >= 0.6 is 15.6 Å². The third-order valence-electron chi connectivity index (χ3n) is 17.5. The Kier molecular flexibility index (Phi) is 74.9. The van der Waals surface area contributed by atoms with Crippen LogP contribution in [0.4, 0.5) is 0 Å². The first kappa shape index (κ1) is 99.2. The van der Waals surface area contributed by atoms with Crippen molar-refractivity contribution in [1.29, 1.82) is 0 Å². The Balaban J connectivity index is 4.40. The molecule has 16 nitrogen and oxygen atoms in total. The zero-order valence-electron chi connectivity index (χ0n) is 65.2. The molecular formula is C85H150O16P2. The van der Waals surface area contributed by atoms with Crippen molar-refractivity contribution in [2.24, 2.45) is 0 Å². The summed E-state index contributed by atoms with van der Waals surface area (Å²) in [5.74, 6) is -1.57. The number of phosphoric ester groups is 2. The minimum absolute atomic E-state index is 0.106. The molecule has 0 bridgehead atoms. The number of esters is 3. The summed E-state index contributed by atoms with van der Waals surface area (Å²) >= 11 is 0. The van der Waals surface area contributed by atoms with Gasteiger partial charge in [-0.1, -0.05) is 336 Å². The molecule has 0 aliphatic heterocycles. The maximum atomic E-state index is 12.9. The van der Waals surface area contributed by atoms with Crippen molar-refractivity contribution >= 4 is 33.6 Å². The summed E-state index contributed by atoms with van der Waals surface area (Å²) in [5, 5.41) is 20.6. The van der Waals surface area contributed by atoms with E-state index < -0.39 is 91.5 Å². The number of aliphatic hydroxyl groups excluding tert-OH is 2. The van der Waals surface area contributed by atoms with Crippen molar-refractivity contribution in [1.82, 2.24) is 0 Å². The molecule has 5 unspecified atom stereocenters. The highest BCUT2D eigenvalue weighted by Crippen LogP contribution is 2.45. The van der Waals surface area contributed by atoms with Crippen LogP contribution in [0.25, 0.3) is 0 Å². The normalized spacial score (nSPS) is 14.5. The van der Waals surface area contributed by atoms with E-state index in [1.807, 2.05) is 0 Å². The lowest BCUT2D eigenvalue weighted by Gasteiger charge is -2.21. The number of aliphatic hydroxyl groups is 2. The highest BCUT2D eigenvalue weighted by Gasteiger charge is 2.29. The van der Waals surface area contributed by atoms with Gasteiger partial charge in [-0.05, 0) is 109 Å². The fourth-order valence-electron chi connectivity index (χ4n) is 11.2. The monoisotopic (exact) mass is 1490 g/mol. The molecule has 0 radical (unpaired) electrons. The SMILES string of the molecule is CC/C=C\C/C=C\C/C=C\C/C=C\C/C=C\CCCCCCCCCCCCCCCCCC(=O)OCC(O)COP(=O)(O)OCC(O)COP(=O)(O)OCC(COC(=O)CCCCCCCCCCC/C=C\C/C=C\C/C=C\C/C=C\CCCCC)OC(=O)CCCCCCCCCCCCC. The van der Waals surface area contributed by atoms with Gasteiger partial charge in [0, 0.05) is 19.3 Å². The van der Waals surface area contributed by atoms with Crippen LogP contribution in [0.15, 0.2) is 109 Å². The average Bonchev–Trinajstić information content (AvgIpc) is 0.914. The van der Waals surface area contributed by atoms with Gasteiger partial charge in [0.25, 0.3) is 0 Å². The Morgan fingerprint density at radius 1 is 0.282 bits per heavy atom. The quantitative estimate of drug-likeness (QED) is 0.0146. The highest BCUT2D eigenvalue weighted by atomic mass is 31.2. The van der Waals surface area contributed by atoms with Gasteiger partial charge in [-0.15, -0.1) is 0 Å². The minimum Gasteiger partial charge on any atom is -0.463 e. The molecular weight excluding hydrogens is 1340 g/mol. The minimum atomic E-state index is -4.93. The smallest absolute Gasteiger partial charge is 0.463 e. The summed E-state index contributed by atoms with van der Waals surface area (Å²) < 4.78 is 61.1. The molecule has 0 aliphatic carbocycles. The summed E-state index contributed by atoms with van der Waals surface area (Å²) in [6, 6.07) is 0. The number of allylic oxidation sites excluding steroid dienone is 18. The number of ether oxygens (including phenoxy) is 3. The summed E-state index contributed by atoms with van der Waals surface area (Å²) in [4.78, 5) is 58.6. The Hall–Kier alpha value is -3.79. The topological polar surface area (TPSA) is 231 Å². The number of unbranched alkanes of at least 4 members (excludes halogenated alkanes) is 37. The van der Waals surface area contributed by atoms with Crippen LogP contribution in [0.1, 0.15) is 355 Å². The zero-order valence-corrected chi connectivity index (χ0v) is 67.0. The summed E-state index contributed by atoms with van der Waals surface area (Å²) in [7, 11) is -9.78. The van der Waals surface area contributed by atoms with Crippen LogP contribution in [0.3, 0.4) is 0 Å². The maximum Gasteiger partial charge on any atom is 0.472 e. The van der Waals surface area contributed by atoms with Crippen LogP contribution in [-0.4, -0.2) is 95.9 Å². The standard InChI is InChI=1S/C85H150O16P2/c1-4-7-10-13-16-19-22-24-26-28-30-32-34-36-37-38-39-40-41-43-45-46-48-50-52-54-57-59-62-65-68-71-83(88)95-74-80(86)75-97-102(91,92)98-76-81(87)77-99-103(93,94)100-79-82(101-85(90)73-70-67-64-61-56-21-18-15-12-9-6-3)78-96-84(89)72-69-66-63-60-58-55-53-51-49-47-44-42-35-33-31-29-27-25-23-20-17-14-11-8-5-2/h7,10,16-17,19-20,24-27,30-33,36-37,42,44,80-82,86-87H,4-6,8-9,11-15,18,21-23,28-29,34-35,38-41,43,45-79H2,1-3H3,(H,91,92)(H,93,94)/b10-7-,19-16-,20-17-,26-24-,27-25-,32-30-,33-31-,37-36-,44-42-. The second kappa shape index (κ2) is 77.8. The number of hydrogen-bond acceptors (Lipinski definition) is 14. The number of carbonyl (C=O) groups is 3. The average molecular weight is 1490 g/mol. The maximum absolute atomic E-state index is 12.9. The van der Waals surface area contributed by atoms with Gasteiger partial charge in [0.1, 0.15) is 25.4 Å². The molecule has 0 saturated carbocycles. The van der Waals surface area contributed by atoms with Crippen LogP contribution in [0.2, 0.25) is 0 Å². The molecule has 18 heteroatoms. The number of rotatable bonds is 78. The molecule has 0 aromatic rings. The molecule has 5 atom stereocenters. The lowest BCUT2D eigenvalue weighted by molar-refractivity contribution is -0.161. The van der Waals surface area contributed by atoms with Gasteiger partial charge in [-0.3, -0.25) is 32.5 Å². The van der Waals surface area contributed by atoms with E-state index in [2.05, 4.69) is 130 Å². The molecule has 4 N–H and O–H groups in total. The van der Waals surface area contributed by atoms with Crippen molar-refractivity contribution in [3.8, 4) is 0 Å². The predicted octanol–water partition coefficient (Wildman–Crippen LogP) is 24.3. The molecule has 0 amide bonds. The van der Waals surface area contributed by atoms with Crippen molar-refractivity contribution in [2.45, 2.75) is 373 Å². The second-order valence-electron chi connectivity index (χ2n) is 27.6. The molecule has 0 spiro atoms. The molecule has 0 aromatic heterocycles. The molecule has 0 rings (SSSR count). The summed E-state index contributed by atoms with van der Waals surface area (Å²) in [6.07, 6.45) is 91.5. The van der Waals surface area contributed by atoms with Crippen molar-refractivity contribution < 1.29 is 75.8 Å². The third-order valence-corrected chi connectivity index (χ3v) is 19.4. The van der Waals surface area contributed by atoms with Gasteiger partial charge in [-0.2, -0.15) is 0 Å². The highest BCUT2D eigenvalue weighted by molar-refractivity contribution is 7.47. The van der Waals surface area contributed by atoms with Crippen LogP contribution in [0.5, 0.6) is 0 Å². The van der Waals surface area contributed by atoms with E-state index in [-0.39, 0.29) is 19.3 Å². The lowest BCUT2D eigenvalue weighted by Crippen LogP contribution is -2.30. The first-order chi connectivity index (χ1) is 50.2. The van der Waals surface area contributed by atoms with E-state index in [0.29, 0.717) is 19.3 Å². The Morgan fingerprint density at radius 3 is 0.835 bits per heavy atom. The molecule has 103 heavy (non-hydrogen) atoms. The van der Waals surface area contributed by atoms with Crippen LogP contribution in [-0.2, 0) is 55.8 Å². The lowest BCUT2D eigenvalue weighted by atomic mass is 10.0. The van der Waals surface area contributed by atoms with Crippen molar-refractivity contribution in [3.63, 3.8) is 0 Å². The van der Waals surface area contributed by atoms with Crippen LogP contribution < -0.4 is 0 Å². The largest absolute Gasteiger partial charge is 0.472 e. The number of carbonyl (C=O) groups excluding carboxylic acids is 3. The molecule has 0 heterocycles. The van der Waals surface area contributed by atoms with Gasteiger partial charge in [0.15, 0.2) is 6.10 Å². The van der Waals surface area contributed by atoms with Crippen molar-refractivity contribution in [3.05, 3.63) is 109 Å². The summed E-state index contributed by atoms with van der Waals surface area (Å²) in [5.41, 5.74) is 0. The molecule has 596 valence electrons. The Bertz CT molecular complexity index is 2310. The van der Waals surface area contributed by atoms with Gasteiger partial charge in [0.05, 0.1) is 26.4 Å². The van der Waals surface area contributed by atoms with E-state index >= 15 is 0 Å². The first-order valence-electron chi connectivity index (χ1n) is 41.2. The van der Waals surface area contributed by atoms with E-state index in [4.69, 9.17) is 32.3 Å². The predicted molar refractivity (Wildman–Crippen MR) is 427 cm³/mol. The Morgan fingerprint density at radius 2 is 0.515 bits per heavy atom. The van der Waals surface area contributed by atoms with Gasteiger partial charge < -0.3 is 34.2 Å². The van der Waals surface area contributed by atoms with E-state index in [0.717, 1.165) is 128 Å². The van der Waals surface area contributed by atoms with Gasteiger partial charge in [0.2, 0.25) is 0 Å². The first-order valence-corrected chi connectivity index (χ1v) is 44.2. The fourth-order valence-corrected chi connectivity index (χ4v) is 12.8. The van der Waals surface area contributed by atoms with E-state index in [1.165, 1.54) is 167 Å². The van der Waals surface area contributed by atoms with E-state index in [9.17, 15) is 43.5 Å². The number of hydrogen-bond donors (Lipinski definition) is 4. The van der Waals surface area contributed by atoms with Gasteiger partial charge >= 0.3 is 33.6 Å². The molecule has 0 saturated heterocycles. The molecule has 0 fully saturated rings. The number of phosphoric acid groups is 2. The Labute approximate surface area is 628 Å².